The fraction of sp³-hybridized carbons (Fsp3) is 0.857. The summed E-state index contributed by atoms with van der Waals surface area (Å²) in [6.45, 7) is 2.70. The van der Waals surface area contributed by atoms with E-state index in [1.165, 1.54) is 0 Å². The van der Waals surface area contributed by atoms with E-state index < -0.39 is 5.91 Å². The zero-order valence-corrected chi connectivity index (χ0v) is 11.9. The molecule has 0 aromatic carbocycles. The number of hydrogen-bond donors (Lipinski definition) is 2. The summed E-state index contributed by atoms with van der Waals surface area (Å²) in [5, 5.41) is 0. The Morgan fingerprint density at radius 1 is 1.26 bits per heavy atom. The van der Waals surface area contributed by atoms with Crippen molar-refractivity contribution in [3.63, 3.8) is 0 Å². The third-order valence-corrected chi connectivity index (χ3v) is 3.89. The summed E-state index contributed by atoms with van der Waals surface area (Å²) in [6.07, 6.45) is 6.68. The Hall–Kier alpha value is -1.10. The van der Waals surface area contributed by atoms with E-state index in [1.807, 2.05) is 0 Å². The molecule has 1 fully saturated rings. The smallest absolute Gasteiger partial charge is 0.237 e. The summed E-state index contributed by atoms with van der Waals surface area (Å²) in [7, 11) is 0. The Bertz CT molecular complexity index is 307. The van der Waals surface area contributed by atoms with Gasteiger partial charge in [0.15, 0.2) is 0 Å². The van der Waals surface area contributed by atoms with E-state index >= 15 is 0 Å². The van der Waals surface area contributed by atoms with Crippen LogP contribution in [0, 0.1) is 5.92 Å². The van der Waals surface area contributed by atoms with Gasteiger partial charge in [-0.15, -0.1) is 0 Å². The van der Waals surface area contributed by atoms with Crippen LogP contribution in [0.4, 0.5) is 0 Å². The van der Waals surface area contributed by atoms with Gasteiger partial charge in [-0.25, -0.2) is 0 Å². The van der Waals surface area contributed by atoms with Crippen molar-refractivity contribution in [2.45, 2.75) is 57.9 Å². The highest BCUT2D eigenvalue weighted by molar-refractivity contribution is 5.83. The van der Waals surface area contributed by atoms with Gasteiger partial charge in [0, 0.05) is 19.0 Å². The molecule has 110 valence electrons. The number of carbonyl (C=O) groups is 2. The van der Waals surface area contributed by atoms with E-state index in [0.29, 0.717) is 13.0 Å². The minimum atomic E-state index is -0.447. The van der Waals surface area contributed by atoms with Gasteiger partial charge in [0.1, 0.15) is 0 Å². The first-order valence-corrected chi connectivity index (χ1v) is 7.36. The summed E-state index contributed by atoms with van der Waals surface area (Å²) in [5.41, 5.74) is 11.3. The molecule has 0 aromatic rings. The fourth-order valence-electron chi connectivity index (χ4n) is 2.67. The molecule has 0 saturated heterocycles. The lowest BCUT2D eigenvalue weighted by Gasteiger charge is -2.30. The summed E-state index contributed by atoms with van der Waals surface area (Å²) in [4.78, 5) is 24.9. The minimum absolute atomic E-state index is 0.0228. The van der Waals surface area contributed by atoms with Gasteiger partial charge in [-0.3, -0.25) is 9.59 Å². The molecule has 1 rings (SSSR count). The molecule has 0 spiro atoms. The predicted molar refractivity (Wildman–Crippen MR) is 75.2 cm³/mol. The Kier molecular flexibility index (Phi) is 6.84. The van der Waals surface area contributed by atoms with Gasteiger partial charge < -0.3 is 16.4 Å². The van der Waals surface area contributed by atoms with Crippen molar-refractivity contribution in [2.24, 2.45) is 17.4 Å². The number of primary amides is 1. The molecule has 0 bridgehead atoms. The molecule has 2 unspecified atom stereocenters. The first kappa shape index (κ1) is 16.0. The van der Waals surface area contributed by atoms with Gasteiger partial charge in [-0.1, -0.05) is 26.2 Å². The van der Waals surface area contributed by atoms with Gasteiger partial charge in [-0.05, 0) is 25.2 Å². The van der Waals surface area contributed by atoms with Gasteiger partial charge in [0.2, 0.25) is 11.8 Å². The molecule has 0 aromatic heterocycles. The Morgan fingerprint density at radius 2 is 1.95 bits per heavy atom. The van der Waals surface area contributed by atoms with Crippen molar-refractivity contribution < 1.29 is 9.59 Å². The zero-order chi connectivity index (χ0) is 14.3. The van der Waals surface area contributed by atoms with Gasteiger partial charge >= 0.3 is 0 Å². The third-order valence-electron chi connectivity index (χ3n) is 3.89. The topological polar surface area (TPSA) is 89.4 Å². The van der Waals surface area contributed by atoms with Crippen molar-refractivity contribution in [3.05, 3.63) is 0 Å². The average molecular weight is 269 g/mol. The molecular formula is C14H27N3O2. The van der Waals surface area contributed by atoms with Crippen molar-refractivity contribution in [2.75, 3.05) is 13.1 Å². The van der Waals surface area contributed by atoms with Crippen LogP contribution in [0.5, 0.6) is 0 Å². The number of rotatable bonds is 7. The highest BCUT2D eigenvalue weighted by Gasteiger charge is 2.26. The summed E-state index contributed by atoms with van der Waals surface area (Å²) >= 11 is 0. The number of amides is 2. The van der Waals surface area contributed by atoms with Crippen LogP contribution < -0.4 is 11.5 Å². The predicted octanol–water partition coefficient (Wildman–Crippen LogP) is 1.01. The number of nitrogens with zero attached hydrogens (tertiary/aromatic N) is 1. The first-order chi connectivity index (χ1) is 9.04. The Balaban J connectivity index is 2.51. The summed E-state index contributed by atoms with van der Waals surface area (Å²) in [5.74, 6) is -0.162. The molecule has 19 heavy (non-hydrogen) atoms. The van der Waals surface area contributed by atoms with E-state index in [4.69, 9.17) is 11.5 Å². The van der Waals surface area contributed by atoms with Crippen LogP contribution >= 0.6 is 0 Å². The van der Waals surface area contributed by atoms with E-state index in [1.54, 1.807) is 4.90 Å². The lowest BCUT2D eigenvalue weighted by molar-refractivity contribution is -0.136. The van der Waals surface area contributed by atoms with E-state index in [2.05, 4.69) is 6.92 Å². The Morgan fingerprint density at radius 3 is 2.53 bits per heavy atom. The Labute approximate surface area is 115 Å². The van der Waals surface area contributed by atoms with E-state index in [9.17, 15) is 9.59 Å². The fourth-order valence-corrected chi connectivity index (χ4v) is 2.67. The third kappa shape index (κ3) is 5.59. The number of carbonyl (C=O) groups excluding carboxylic acids is 2. The molecule has 4 N–H and O–H groups in total. The van der Waals surface area contributed by atoms with E-state index in [-0.39, 0.29) is 24.4 Å². The maximum atomic E-state index is 12.3. The van der Waals surface area contributed by atoms with Crippen molar-refractivity contribution >= 4 is 11.8 Å². The van der Waals surface area contributed by atoms with Gasteiger partial charge in [0.05, 0.1) is 6.54 Å². The lowest BCUT2D eigenvalue weighted by Crippen LogP contribution is -2.42. The standard InChI is InChI=1S/C14H27N3O2/c1-2-3-8-17(10-13(16)18)14(19)9-11-6-4-5-7-12(11)15/h11-12H,2-10,15H2,1H3,(H2,16,18). The quantitative estimate of drug-likeness (QED) is 0.722. The molecule has 5 heteroatoms. The minimum Gasteiger partial charge on any atom is -0.368 e. The molecule has 0 radical (unpaired) electrons. The van der Waals surface area contributed by atoms with Crippen LogP contribution in [0.2, 0.25) is 0 Å². The van der Waals surface area contributed by atoms with Crippen LogP contribution in [0.25, 0.3) is 0 Å². The number of hydrogen-bond acceptors (Lipinski definition) is 3. The SMILES string of the molecule is CCCCN(CC(N)=O)C(=O)CC1CCCCC1N. The van der Waals surface area contributed by atoms with Crippen molar-refractivity contribution in [1.29, 1.82) is 0 Å². The molecule has 1 aliphatic carbocycles. The monoisotopic (exact) mass is 269 g/mol. The number of nitrogens with two attached hydrogens (primary N) is 2. The molecule has 0 aliphatic heterocycles. The van der Waals surface area contributed by atoms with Crippen molar-refractivity contribution in [1.82, 2.24) is 4.90 Å². The number of unbranched alkanes of at least 4 members (excludes halogenated alkanes) is 1. The second-order valence-electron chi connectivity index (χ2n) is 5.55. The first-order valence-electron chi connectivity index (χ1n) is 7.36. The van der Waals surface area contributed by atoms with Gasteiger partial charge in [-0.2, -0.15) is 0 Å². The molecule has 2 atom stereocenters. The molecule has 1 saturated carbocycles. The maximum absolute atomic E-state index is 12.3. The normalized spacial score (nSPS) is 23.1. The largest absolute Gasteiger partial charge is 0.368 e. The van der Waals surface area contributed by atoms with Gasteiger partial charge in [0.25, 0.3) is 0 Å². The second kappa shape index (κ2) is 8.15. The molecule has 5 nitrogen and oxygen atoms in total. The molecule has 2 amide bonds. The summed E-state index contributed by atoms with van der Waals surface area (Å²) < 4.78 is 0. The van der Waals surface area contributed by atoms with Crippen LogP contribution in [0.3, 0.4) is 0 Å². The van der Waals surface area contributed by atoms with Crippen molar-refractivity contribution in [3.8, 4) is 0 Å². The second-order valence-corrected chi connectivity index (χ2v) is 5.55. The highest BCUT2D eigenvalue weighted by Crippen LogP contribution is 2.26. The van der Waals surface area contributed by atoms with Crippen LogP contribution in [0.15, 0.2) is 0 Å². The molecular weight excluding hydrogens is 242 g/mol. The maximum Gasteiger partial charge on any atom is 0.237 e. The van der Waals surface area contributed by atoms with Crippen LogP contribution in [-0.4, -0.2) is 35.8 Å². The lowest BCUT2D eigenvalue weighted by atomic mass is 9.82. The molecule has 0 heterocycles. The summed E-state index contributed by atoms with van der Waals surface area (Å²) in [6, 6.07) is 0.124. The van der Waals surface area contributed by atoms with Crippen LogP contribution in [-0.2, 0) is 9.59 Å². The van der Waals surface area contributed by atoms with E-state index in [0.717, 1.165) is 38.5 Å². The average Bonchev–Trinajstić information content (AvgIpc) is 2.36. The zero-order valence-electron chi connectivity index (χ0n) is 11.9. The highest BCUT2D eigenvalue weighted by atomic mass is 16.2. The van der Waals surface area contributed by atoms with Crippen LogP contribution in [0.1, 0.15) is 51.9 Å². The molecule has 1 aliphatic rings.